The molecule has 1 N–H and O–H groups in total. The highest BCUT2D eigenvalue weighted by molar-refractivity contribution is 7.89. The average molecular weight is 283 g/mol. The van der Waals surface area contributed by atoms with Crippen LogP contribution in [0, 0.1) is 12.8 Å². The summed E-state index contributed by atoms with van der Waals surface area (Å²) in [5, 5.41) is 9.03. The van der Waals surface area contributed by atoms with E-state index in [0.29, 0.717) is 24.9 Å². The van der Waals surface area contributed by atoms with E-state index in [2.05, 4.69) is 0 Å². The second-order valence-electron chi connectivity index (χ2n) is 4.81. The molecule has 1 aliphatic rings. The Balaban J connectivity index is 2.30. The van der Waals surface area contributed by atoms with Gasteiger partial charge in [-0.15, -0.1) is 0 Å². The molecule has 0 aromatic heterocycles. The number of aryl methyl sites for hydroxylation is 1. The van der Waals surface area contributed by atoms with Crippen molar-refractivity contribution in [3.8, 4) is 0 Å². The highest BCUT2D eigenvalue weighted by atomic mass is 32.2. The molecule has 0 amide bonds. The Kier molecular flexibility index (Phi) is 3.91. The van der Waals surface area contributed by atoms with Crippen molar-refractivity contribution < 1.29 is 18.3 Å². The van der Waals surface area contributed by atoms with Gasteiger partial charge in [0.1, 0.15) is 0 Å². The van der Waals surface area contributed by atoms with Crippen molar-refractivity contribution in [2.45, 2.75) is 24.7 Å². The molecular weight excluding hydrogens is 266 g/mol. The number of piperidine rings is 1. The fourth-order valence-corrected chi connectivity index (χ4v) is 4.10. The summed E-state index contributed by atoms with van der Waals surface area (Å²) in [7, 11) is -3.59. The summed E-state index contributed by atoms with van der Waals surface area (Å²) >= 11 is 0. The summed E-state index contributed by atoms with van der Waals surface area (Å²) in [6.45, 7) is 2.19. The first-order valence-electron chi connectivity index (χ1n) is 6.21. The van der Waals surface area contributed by atoms with Gasteiger partial charge in [-0.25, -0.2) is 8.42 Å². The number of aliphatic carboxylic acids is 1. The number of nitrogens with zero attached hydrogens (tertiary/aromatic N) is 1. The normalized spacial score (nSPS) is 21.2. The van der Waals surface area contributed by atoms with Gasteiger partial charge >= 0.3 is 5.97 Å². The van der Waals surface area contributed by atoms with Crippen LogP contribution in [0.2, 0.25) is 0 Å². The zero-order valence-corrected chi connectivity index (χ0v) is 11.6. The van der Waals surface area contributed by atoms with Gasteiger partial charge in [0.15, 0.2) is 0 Å². The summed E-state index contributed by atoms with van der Waals surface area (Å²) in [5.74, 6) is -1.53. The second kappa shape index (κ2) is 5.30. The predicted molar refractivity (Wildman–Crippen MR) is 70.3 cm³/mol. The molecule has 19 heavy (non-hydrogen) atoms. The Bertz CT molecular complexity index is 582. The number of hydrogen-bond acceptors (Lipinski definition) is 3. The van der Waals surface area contributed by atoms with Crippen molar-refractivity contribution in [2.24, 2.45) is 5.92 Å². The van der Waals surface area contributed by atoms with E-state index in [4.69, 9.17) is 5.11 Å². The highest BCUT2D eigenvalue weighted by Crippen LogP contribution is 2.25. The first-order chi connectivity index (χ1) is 8.93. The lowest BCUT2D eigenvalue weighted by Gasteiger charge is -2.30. The number of carboxylic acids is 1. The van der Waals surface area contributed by atoms with Gasteiger partial charge in [0.25, 0.3) is 0 Å². The number of sulfonamides is 1. The molecule has 0 saturated carbocycles. The van der Waals surface area contributed by atoms with Crippen LogP contribution in [0.15, 0.2) is 29.2 Å². The average Bonchev–Trinajstić information content (AvgIpc) is 2.39. The summed E-state index contributed by atoms with van der Waals surface area (Å²) in [4.78, 5) is 11.3. The third kappa shape index (κ3) is 2.79. The van der Waals surface area contributed by atoms with Crippen LogP contribution >= 0.6 is 0 Å². The zero-order chi connectivity index (χ0) is 14.0. The smallest absolute Gasteiger partial charge is 0.307 e. The lowest BCUT2D eigenvalue weighted by Crippen LogP contribution is -2.42. The van der Waals surface area contributed by atoms with Crippen LogP contribution in [0.5, 0.6) is 0 Å². The van der Waals surface area contributed by atoms with Crippen LogP contribution in [0.25, 0.3) is 0 Å². The Morgan fingerprint density at radius 1 is 1.37 bits per heavy atom. The summed E-state index contributed by atoms with van der Waals surface area (Å²) in [6.07, 6.45) is 1.12. The van der Waals surface area contributed by atoms with Gasteiger partial charge in [-0.05, 0) is 31.4 Å². The molecule has 1 aromatic carbocycles. The van der Waals surface area contributed by atoms with Gasteiger partial charge in [0, 0.05) is 13.1 Å². The molecular formula is C13H17NO4S. The molecule has 104 valence electrons. The summed E-state index contributed by atoms with van der Waals surface area (Å²) < 4.78 is 26.3. The van der Waals surface area contributed by atoms with Crippen molar-refractivity contribution in [3.63, 3.8) is 0 Å². The third-order valence-electron chi connectivity index (χ3n) is 3.44. The maximum Gasteiger partial charge on any atom is 0.307 e. The van der Waals surface area contributed by atoms with Crippen LogP contribution < -0.4 is 0 Å². The third-order valence-corrected chi connectivity index (χ3v) is 5.47. The minimum absolute atomic E-state index is 0.0615. The van der Waals surface area contributed by atoms with E-state index in [0.717, 1.165) is 0 Å². The van der Waals surface area contributed by atoms with Crippen LogP contribution in [-0.2, 0) is 14.8 Å². The fraction of sp³-hybridized carbons (Fsp3) is 0.462. The summed E-state index contributed by atoms with van der Waals surface area (Å²) in [5.41, 5.74) is 0.681. The van der Waals surface area contributed by atoms with Crippen LogP contribution in [0.3, 0.4) is 0 Å². The molecule has 0 radical (unpaired) electrons. The Morgan fingerprint density at radius 2 is 2.05 bits per heavy atom. The van der Waals surface area contributed by atoms with Crippen molar-refractivity contribution >= 4 is 16.0 Å². The van der Waals surface area contributed by atoms with E-state index in [9.17, 15) is 13.2 Å². The molecule has 0 bridgehead atoms. The maximum absolute atomic E-state index is 12.5. The van der Waals surface area contributed by atoms with Crippen molar-refractivity contribution in [1.29, 1.82) is 0 Å². The minimum Gasteiger partial charge on any atom is -0.481 e. The number of carbonyl (C=O) groups is 1. The standard InChI is InChI=1S/C13H17NO4S/c1-10-5-2-3-7-12(10)19(17,18)14-8-4-6-11(9-14)13(15)16/h2-3,5,7,11H,4,6,8-9H2,1H3,(H,15,16)/t11-/m0/s1. The van der Waals surface area contributed by atoms with E-state index >= 15 is 0 Å². The zero-order valence-electron chi connectivity index (χ0n) is 10.7. The number of carboxylic acid groups (broad SMARTS) is 1. The molecule has 0 unspecified atom stereocenters. The minimum atomic E-state index is -3.59. The molecule has 1 heterocycles. The van der Waals surface area contributed by atoms with Gasteiger partial charge in [0.2, 0.25) is 10.0 Å². The Labute approximate surface area is 112 Å². The topological polar surface area (TPSA) is 74.7 Å². The lowest BCUT2D eigenvalue weighted by atomic mass is 10.0. The van der Waals surface area contributed by atoms with Crippen LogP contribution in [0.1, 0.15) is 18.4 Å². The Morgan fingerprint density at radius 3 is 2.68 bits per heavy atom. The largest absolute Gasteiger partial charge is 0.481 e. The van der Waals surface area contributed by atoms with E-state index in [-0.39, 0.29) is 11.4 Å². The highest BCUT2D eigenvalue weighted by Gasteiger charge is 2.33. The maximum atomic E-state index is 12.5. The van der Waals surface area contributed by atoms with Crippen molar-refractivity contribution in [2.75, 3.05) is 13.1 Å². The van der Waals surface area contributed by atoms with Crippen LogP contribution in [-0.4, -0.2) is 36.9 Å². The lowest BCUT2D eigenvalue weighted by molar-refractivity contribution is -0.142. The molecule has 1 aromatic rings. The first kappa shape index (κ1) is 14.0. The quantitative estimate of drug-likeness (QED) is 0.911. The molecule has 0 aliphatic carbocycles. The number of hydrogen-bond donors (Lipinski definition) is 1. The summed E-state index contributed by atoms with van der Waals surface area (Å²) in [6, 6.07) is 6.77. The predicted octanol–water partition coefficient (Wildman–Crippen LogP) is 1.48. The monoisotopic (exact) mass is 283 g/mol. The molecule has 5 nitrogen and oxygen atoms in total. The first-order valence-corrected chi connectivity index (χ1v) is 7.65. The molecule has 1 atom stereocenters. The molecule has 6 heteroatoms. The van der Waals surface area contributed by atoms with E-state index in [1.165, 1.54) is 4.31 Å². The van der Waals surface area contributed by atoms with E-state index in [1.807, 2.05) is 0 Å². The van der Waals surface area contributed by atoms with Crippen molar-refractivity contribution in [1.82, 2.24) is 4.31 Å². The van der Waals surface area contributed by atoms with Gasteiger partial charge in [-0.3, -0.25) is 4.79 Å². The molecule has 1 saturated heterocycles. The van der Waals surface area contributed by atoms with E-state index < -0.39 is 21.9 Å². The van der Waals surface area contributed by atoms with Gasteiger partial charge < -0.3 is 5.11 Å². The molecule has 0 spiro atoms. The second-order valence-corrected chi connectivity index (χ2v) is 6.71. The van der Waals surface area contributed by atoms with Crippen molar-refractivity contribution in [3.05, 3.63) is 29.8 Å². The van der Waals surface area contributed by atoms with Gasteiger partial charge in [-0.1, -0.05) is 18.2 Å². The Hall–Kier alpha value is -1.40. The van der Waals surface area contributed by atoms with Crippen LogP contribution in [0.4, 0.5) is 0 Å². The SMILES string of the molecule is Cc1ccccc1S(=O)(=O)N1CCC[C@H](C(=O)O)C1. The molecule has 1 fully saturated rings. The van der Waals surface area contributed by atoms with Gasteiger partial charge in [0.05, 0.1) is 10.8 Å². The number of benzene rings is 1. The number of rotatable bonds is 3. The molecule has 1 aliphatic heterocycles. The molecule has 2 rings (SSSR count). The van der Waals surface area contributed by atoms with E-state index in [1.54, 1.807) is 31.2 Å². The van der Waals surface area contributed by atoms with Gasteiger partial charge in [-0.2, -0.15) is 4.31 Å². The fourth-order valence-electron chi connectivity index (χ4n) is 2.35.